The summed E-state index contributed by atoms with van der Waals surface area (Å²) < 4.78 is 83.0. The van der Waals surface area contributed by atoms with Gasteiger partial charge in [0, 0.05) is 9.80 Å². The molecule has 0 radical (unpaired) electrons. The Kier molecular flexibility index (Phi) is 4.44. The van der Waals surface area contributed by atoms with Gasteiger partial charge in [0.2, 0.25) is 0 Å². The van der Waals surface area contributed by atoms with Crippen LogP contribution in [0.2, 0.25) is 0 Å². The fourth-order valence-electron chi connectivity index (χ4n) is 2.30. The molecule has 0 saturated carbocycles. The maximum atomic E-state index is 13.8. The van der Waals surface area contributed by atoms with E-state index in [9.17, 15) is 31.1 Å². The summed E-state index contributed by atoms with van der Waals surface area (Å²) >= 11 is 0. The molecule has 1 heterocycles. The van der Waals surface area contributed by atoms with E-state index in [1.165, 1.54) is 24.3 Å². The van der Waals surface area contributed by atoms with Crippen molar-refractivity contribution in [3.63, 3.8) is 0 Å². The van der Waals surface area contributed by atoms with E-state index in [0.29, 0.717) is 0 Å². The monoisotopic (exact) mass is 358 g/mol. The van der Waals surface area contributed by atoms with E-state index in [1.807, 2.05) is 0 Å². The molecule has 0 aromatic heterocycles. The maximum absolute atomic E-state index is 13.8. The lowest BCUT2D eigenvalue weighted by molar-refractivity contribution is -0.189. The number of allylic oxidation sites excluding steroid dienone is 1. The largest absolute Gasteiger partial charge is 0.491 e. The third-order valence-corrected chi connectivity index (χ3v) is 6.27. The molecule has 1 aliphatic rings. The molecule has 0 spiro atoms. The standard InChI is InChI=1S/C14H12F6O2S/c1-2-5-10-8-9-6-3-4-7-11(9)23(10,14(18,19)20)22-12(21)13(15,16)17/h3-4,6-8H,2,5H2,1H3. The fourth-order valence-corrected chi connectivity index (χ4v) is 5.26. The topological polar surface area (TPSA) is 26.3 Å². The first kappa shape index (κ1) is 17.7. The smallest absolute Gasteiger partial charge is 0.392 e. The van der Waals surface area contributed by atoms with Crippen LogP contribution in [0.1, 0.15) is 25.3 Å². The molecule has 0 saturated heterocycles. The van der Waals surface area contributed by atoms with Crippen LogP contribution in [0.15, 0.2) is 34.1 Å². The van der Waals surface area contributed by atoms with E-state index in [4.69, 9.17) is 0 Å². The molecule has 128 valence electrons. The minimum Gasteiger partial charge on any atom is -0.392 e. The highest BCUT2D eigenvalue weighted by molar-refractivity contribution is 8.34. The first-order chi connectivity index (χ1) is 10.5. The Balaban J connectivity index is 2.65. The highest BCUT2D eigenvalue weighted by Gasteiger charge is 2.62. The lowest BCUT2D eigenvalue weighted by atomic mass is 10.2. The molecular formula is C14H12F6O2S. The molecule has 9 heteroatoms. The van der Waals surface area contributed by atoms with Crippen molar-refractivity contribution >= 4 is 22.4 Å². The van der Waals surface area contributed by atoms with Crippen molar-refractivity contribution in [1.82, 2.24) is 0 Å². The quantitative estimate of drug-likeness (QED) is 0.663. The van der Waals surface area contributed by atoms with Crippen LogP contribution in [0.3, 0.4) is 0 Å². The Morgan fingerprint density at radius 1 is 1.13 bits per heavy atom. The summed E-state index contributed by atoms with van der Waals surface area (Å²) in [6.45, 7) is 1.59. The van der Waals surface area contributed by atoms with Gasteiger partial charge in [-0.2, -0.15) is 26.3 Å². The molecule has 0 amide bonds. The summed E-state index contributed by atoms with van der Waals surface area (Å²) in [6.07, 6.45) is -4.17. The first-order valence-corrected chi connectivity index (χ1v) is 8.09. The molecule has 0 bridgehead atoms. The first-order valence-electron chi connectivity index (χ1n) is 6.54. The summed E-state index contributed by atoms with van der Waals surface area (Å²) in [7, 11) is -4.53. The van der Waals surface area contributed by atoms with Gasteiger partial charge in [-0.15, -0.1) is 0 Å². The second-order valence-electron chi connectivity index (χ2n) is 4.77. The number of carbonyl (C=O) groups excluding carboxylic acids is 1. The van der Waals surface area contributed by atoms with E-state index in [1.54, 1.807) is 6.92 Å². The Bertz CT molecular complexity index is 649. The van der Waals surface area contributed by atoms with Gasteiger partial charge in [0.15, 0.2) is 0 Å². The maximum Gasteiger partial charge on any atom is 0.491 e. The number of hydrogen-bond donors (Lipinski definition) is 0. The van der Waals surface area contributed by atoms with Crippen LogP contribution in [0, 0.1) is 0 Å². The van der Waals surface area contributed by atoms with Crippen molar-refractivity contribution in [3.8, 4) is 0 Å². The molecule has 1 atom stereocenters. The number of fused-ring (bicyclic) bond motifs is 1. The molecule has 23 heavy (non-hydrogen) atoms. The summed E-state index contributed by atoms with van der Waals surface area (Å²) in [5.74, 6) is -2.83. The molecule has 1 unspecified atom stereocenters. The average Bonchev–Trinajstić information content (AvgIpc) is 2.73. The molecular weight excluding hydrogens is 346 g/mol. The molecule has 2 nitrogen and oxygen atoms in total. The van der Waals surface area contributed by atoms with Gasteiger partial charge in [0.25, 0.3) is 0 Å². The van der Waals surface area contributed by atoms with Gasteiger partial charge in [0.05, 0.1) is 10.3 Å². The second-order valence-corrected chi connectivity index (χ2v) is 7.48. The molecule has 0 N–H and O–H groups in total. The van der Waals surface area contributed by atoms with Crippen LogP contribution in [0.5, 0.6) is 0 Å². The number of halogens is 6. The molecule has 0 fully saturated rings. The molecule has 1 aromatic carbocycles. The van der Waals surface area contributed by atoms with Crippen molar-refractivity contribution < 1.29 is 35.3 Å². The third kappa shape index (κ3) is 2.93. The number of alkyl halides is 6. The highest BCUT2D eigenvalue weighted by atomic mass is 32.3. The third-order valence-electron chi connectivity index (χ3n) is 3.17. The second kappa shape index (κ2) is 5.77. The lowest BCUT2D eigenvalue weighted by Gasteiger charge is -2.39. The Labute approximate surface area is 129 Å². The average molecular weight is 358 g/mol. The van der Waals surface area contributed by atoms with E-state index in [-0.39, 0.29) is 23.3 Å². The van der Waals surface area contributed by atoms with Crippen molar-refractivity contribution in [2.75, 3.05) is 0 Å². The number of hydrogen-bond acceptors (Lipinski definition) is 2. The predicted molar refractivity (Wildman–Crippen MR) is 73.4 cm³/mol. The van der Waals surface area contributed by atoms with Gasteiger partial charge in [-0.05, 0) is 24.1 Å². The SMILES string of the molecule is CCCC1=Cc2ccccc2S1(OC(=O)C(F)(F)F)C(F)(F)F. The van der Waals surface area contributed by atoms with Crippen LogP contribution in [0.4, 0.5) is 26.3 Å². The summed E-state index contributed by atoms with van der Waals surface area (Å²) in [6, 6.07) is 5.15. The normalized spacial score (nSPS) is 23.7. The number of carbonyl (C=O) groups is 1. The van der Waals surface area contributed by atoms with Gasteiger partial charge < -0.3 is 4.18 Å². The van der Waals surface area contributed by atoms with Gasteiger partial charge in [-0.25, -0.2) is 4.79 Å². The molecule has 1 aliphatic heterocycles. The highest BCUT2D eigenvalue weighted by Crippen LogP contribution is 2.77. The van der Waals surface area contributed by atoms with Gasteiger partial charge in [-0.3, -0.25) is 0 Å². The zero-order chi connectivity index (χ0) is 17.5. The summed E-state index contributed by atoms with van der Waals surface area (Å²) in [5, 5.41) is 0. The minimum absolute atomic E-state index is 0.116. The van der Waals surface area contributed by atoms with Crippen LogP contribution in [0.25, 0.3) is 6.08 Å². The number of rotatable bonds is 3. The lowest BCUT2D eigenvalue weighted by Crippen LogP contribution is -2.32. The summed E-state index contributed by atoms with van der Waals surface area (Å²) in [5.41, 5.74) is -5.01. The molecule has 0 aliphatic carbocycles. The predicted octanol–water partition coefficient (Wildman–Crippen LogP) is 5.55. The van der Waals surface area contributed by atoms with Crippen LogP contribution >= 0.6 is 10.3 Å². The Morgan fingerprint density at radius 2 is 1.74 bits per heavy atom. The van der Waals surface area contributed by atoms with Gasteiger partial charge >= 0.3 is 17.7 Å². The number of benzene rings is 1. The van der Waals surface area contributed by atoms with Crippen LogP contribution in [-0.4, -0.2) is 17.7 Å². The Morgan fingerprint density at radius 3 is 2.26 bits per heavy atom. The van der Waals surface area contributed by atoms with E-state index < -0.39 is 32.9 Å². The zero-order valence-corrected chi connectivity index (χ0v) is 12.6. The van der Waals surface area contributed by atoms with Crippen LogP contribution in [-0.2, 0) is 8.98 Å². The Hall–Kier alpha value is -1.64. The van der Waals surface area contributed by atoms with Crippen LogP contribution < -0.4 is 0 Å². The van der Waals surface area contributed by atoms with E-state index in [0.717, 1.165) is 6.07 Å². The molecule has 2 rings (SSSR count). The van der Waals surface area contributed by atoms with E-state index >= 15 is 0 Å². The van der Waals surface area contributed by atoms with Crippen molar-refractivity contribution in [2.24, 2.45) is 0 Å². The fraction of sp³-hybridized carbons (Fsp3) is 0.357. The van der Waals surface area contributed by atoms with Crippen molar-refractivity contribution in [1.29, 1.82) is 0 Å². The molecule has 1 aromatic rings. The van der Waals surface area contributed by atoms with Crippen molar-refractivity contribution in [3.05, 3.63) is 34.7 Å². The van der Waals surface area contributed by atoms with Gasteiger partial charge in [-0.1, -0.05) is 31.5 Å². The minimum atomic E-state index is -5.50. The van der Waals surface area contributed by atoms with E-state index in [2.05, 4.69) is 4.18 Å². The zero-order valence-electron chi connectivity index (χ0n) is 11.8. The summed E-state index contributed by atoms with van der Waals surface area (Å²) in [4.78, 5) is 10.4. The van der Waals surface area contributed by atoms with Gasteiger partial charge in [0.1, 0.15) is 0 Å². The van der Waals surface area contributed by atoms with Crippen molar-refractivity contribution in [2.45, 2.75) is 36.3 Å².